The van der Waals surface area contributed by atoms with Crippen molar-refractivity contribution >= 4 is 0 Å². The lowest BCUT2D eigenvalue weighted by Gasteiger charge is -2.30. The van der Waals surface area contributed by atoms with Crippen molar-refractivity contribution in [2.45, 2.75) is 38.9 Å². The zero-order valence-corrected chi connectivity index (χ0v) is 13.1. The van der Waals surface area contributed by atoms with Gasteiger partial charge in [0.25, 0.3) is 0 Å². The first-order valence-corrected chi connectivity index (χ1v) is 8.16. The highest BCUT2D eigenvalue weighted by Crippen LogP contribution is 2.33. The predicted molar refractivity (Wildman–Crippen MR) is 87.5 cm³/mol. The summed E-state index contributed by atoms with van der Waals surface area (Å²) in [5, 5.41) is 0. The molecule has 2 aromatic rings. The quantitative estimate of drug-likeness (QED) is 0.847. The maximum atomic E-state index is 5.50. The molecule has 114 valence electrons. The predicted octanol–water partition coefficient (Wildman–Crippen LogP) is 3.55. The Morgan fingerprint density at radius 1 is 1.14 bits per heavy atom. The van der Waals surface area contributed by atoms with Gasteiger partial charge < -0.3 is 4.74 Å². The lowest BCUT2D eigenvalue weighted by Crippen LogP contribution is -2.35. The molecule has 0 N–H and O–H groups in total. The van der Waals surface area contributed by atoms with Crippen LogP contribution in [-0.2, 0) is 17.8 Å². The Balaban J connectivity index is 1.62. The molecule has 0 saturated carbocycles. The molecule has 0 aliphatic carbocycles. The standard InChI is InChI=1S/C19H22N2O/c1-14-9-16(15-3-2-6-20-11-15)10-17-12-21(13-19(14)17)18-4-7-22-8-5-18/h2-3,6,9-11,18H,4-5,7-8,12-13H2,1H3. The number of pyridine rings is 1. The molecule has 0 bridgehead atoms. The molecule has 0 atom stereocenters. The normalized spacial score (nSPS) is 19.3. The minimum absolute atomic E-state index is 0.683. The maximum absolute atomic E-state index is 5.50. The minimum atomic E-state index is 0.683. The SMILES string of the molecule is Cc1cc(-c2cccnc2)cc2c1CN(C1CCOCC1)C2. The van der Waals surface area contributed by atoms with Gasteiger partial charge >= 0.3 is 0 Å². The first-order chi connectivity index (χ1) is 10.8. The van der Waals surface area contributed by atoms with E-state index in [0.29, 0.717) is 6.04 Å². The molecule has 22 heavy (non-hydrogen) atoms. The number of nitrogens with zero attached hydrogens (tertiary/aromatic N) is 2. The van der Waals surface area contributed by atoms with Crippen LogP contribution in [0.1, 0.15) is 29.5 Å². The van der Waals surface area contributed by atoms with Crippen LogP contribution in [0.3, 0.4) is 0 Å². The summed E-state index contributed by atoms with van der Waals surface area (Å²) in [7, 11) is 0. The minimum Gasteiger partial charge on any atom is -0.381 e. The second-order valence-electron chi connectivity index (χ2n) is 6.42. The monoisotopic (exact) mass is 294 g/mol. The average Bonchev–Trinajstić information content (AvgIpc) is 3.01. The molecule has 3 heteroatoms. The third kappa shape index (κ3) is 2.55. The van der Waals surface area contributed by atoms with Crippen molar-refractivity contribution < 1.29 is 4.74 Å². The van der Waals surface area contributed by atoms with Gasteiger partial charge in [-0.1, -0.05) is 12.1 Å². The van der Waals surface area contributed by atoms with Crippen molar-refractivity contribution in [2.24, 2.45) is 0 Å². The van der Waals surface area contributed by atoms with E-state index >= 15 is 0 Å². The summed E-state index contributed by atoms with van der Waals surface area (Å²) in [5.74, 6) is 0. The summed E-state index contributed by atoms with van der Waals surface area (Å²) in [5.41, 5.74) is 6.92. The molecule has 0 amide bonds. The number of aryl methyl sites for hydroxylation is 1. The van der Waals surface area contributed by atoms with Gasteiger partial charge in [0.2, 0.25) is 0 Å². The van der Waals surface area contributed by atoms with Gasteiger partial charge in [-0.05, 0) is 54.2 Å². The fourth-order valence-corrected chi connectivity index (χ4v) is 3.74. The third-order valence-electron chi connectivity index (χ3n) is 5.00. The van der Waals surface area contributed by atoms with Crippen LogP contribution in [-0.4, -0.2) is 29.1 Å². The molecule has 1 fully saturated rings. The fraction of sp³-hybridized carbons (Fsp3) is 0.421. The smallest absolute Gasteiger partial charge is 0.0480 e. The largest absolute Gasteiger partial charge is 0.381 e. The zero-order chi connectivity index (χ0) is 14.9. The Hall–Kier alpha value is -1.71. The van der Waals surface area contributed by atoms with Gasteiger partial charge in [-0.3, -0.25) is 9.88 Å². The highest BCUT2D eigenvalue weighted by molar-refractivity contribution is 5.65. The molecule has 1 aromatic heterocycles. The molecular formula is C19H22N2O. The van der Waals surface area contributed by atoms with E-state index in [9.17, 15) is 0 Å². The molecule has 0 spiro atoms. The Labute approximate surface area is 131 Å². The summed E-state index contributed by atoms with van der Waals surface area (Å²) in [6.07, 6.45) is 6.12. The number of aromatic nitrogens is 1. The summed E-state index contributed by atoms with van der Waals surface area (Å²) in [6.45, 7) is 6.25. The fourth-order valence-electron chi connectivity index (χ4n) is 3.74. The first-order valence-electron chi connectivity index (χ1n) is 8.16. The van der Waals surface area contributed by atoms with Crippen LogP contribution >= 0.6 is 0 Å². The number of ether oxygens (including phenoxy) is 1. The summed E-state index contributed by atoms with van der Waals surface area (Å²) in [4.78, 5) is 6.88. The van der Waals surface area contributed by atoms with Gasteiger partial charge in [-0.15, -0.1) is 0 Å². The number of benzene rings is 1. The lowest BCUT2D eigenvalue weighted by atomic mass is 9.97. The van der Waals surface area contributed by atoms with Gasteiger partial charge in [0.1, 0.15) is 0 Å². The van der Waals surface area contributed by atoms with Crippen LogP contribution in [0.25, 0.3) is 11.1 Å². The van der Waals surface area contributed by atoms with Crippen molar-refractivity contribution in [3.63, 3.8) is 0 Å². The second-order valence-corrected chi connectivity index (χ2v) is 6.42. The van der Waals surface area contributed by atoms with Crippen LogP contribution in [0.2, 0.25) is 0 Å². The first kappa shape index (κ1) is 13.9. The molecule has 4 rings (SSSR count). The average molecular weight is 294 g/mol. The van der Waals surface area contributed by atoms with Crippen LogP contribution in [0.15, 0.2) is 36.7 Å². The van der Waals surface area contributed by atoms with E-state index in [-0.39, 0.29) is 0 Å². The van der Waals surface area contributed by atoms with Gasteiger partial charge in [0, 0.05) is 50.3 Å². The molecule has 3 heterocycles. The van der Waals surface area contributed by atoms with E-state index in [1.807, 2.05) is 18.5 Å². The van der Waals surface area contributed by atoms with E-state index in [4.69, 9.17) is 4.74 Å². The Bertz CT molecular complexity index is 663. The van der Waals surface area contributed by atoms with Crippen LogP contribution in [0, 0.1) is 6.92 Å². The van der Waals surface area contributed by atoms with Gasteiger partial charge in [-0.25, -0.2) is 0 Å². The van der Waals surface area contributed by atoms with E-state index in [1.165, 1.54) is 40.7 Å². The summed E-state index contributed by atoms with van der Waals surface area (Å²) >= 11 is 0. The topological polar surface area (TPSA) is 25.4 Å². The highest BCUT2D eigenvalue weighted by Gasteiger charge is 2.28. The Morgan fingerprint density at radius 2 is 2.00 bits per heavy atom. The molecule has 2 aliphatic rings. The van der Waals surface area contributed by atoms with Crippen molar-refractivity contribution in [3.05, 3.63) is 53.3 Å². The van der Waals surface area contributed by atoms with Crippen molar-refractivity contribution in [1.82, 2.24) is 9.88 Å². The van der Waals surface area contributed by atoms with Crippen molar-refractivity contribution in [2.75, 3.05) is 13.2 Å². The second kappa shape index (κ2) is 5.82. The number of hydrogen-bond acceptors (Lipinski definition) is 3. The highest BCUT2D eigenvalue weighted by atomic mass is 16.5. The maximum Gasteiger partial charge on any atom is 0.0480 e. The summed E-state index contributed by atoms with van der Waals surface area (Å²) < 4.78 is 5.50. The lowest BCUT2D eigenvalue weighted by molar-refractivity contribution is 0.0326. The Morgan fingerprint density at radius 3 is 2.77 bits per heavy atom. The van der Waals surface area contributed by atoms with Crippen LogP contribution < -0.4 is 0 Å². The molecule has 3 nitrogen and oxygen atoms in total. The Kier molecular flexibility index (Phi) is 3.68. The van der Waals surface area contributed by atoms with Crippen molar-refractivity contribution in [1.29, 1.82) is 0 Å². The number of hydrogen-bond donors (Lipinski definition) is 0. The van der Waals surface area contributed by atoms with E-state index in [0.717, 1.165) is 26.3 Å². The van der Waals surface area contributed by atoms with Gasteiger partial charge in [0.05, 0.1) is 0 Å². The molecule has 2 aliphatic heterocycles. The molecule has 0 unspecified atom stereocenters. The van der Waals surface area contributed by atoms with Crippen LogP contribution in [0.5, 0.6) is 0 Å². The molecular weight excluding hydrogens is 272 g/mol. The third-order valence-corrected chi connectivity index (χ3v) is 5.00. The number of fused-ring (bicyclic) bond motifs is 1. The van der Waals surface area contributed by atoms with E-state index in [2.05, 4.69) is 35.0 Å². The molecule has 1 aromatic carbocycles. The zero-order valence-electron chi connectivity index (χ0n) is 13.1. The number of rotatable bonds is 2. The van der Waals surface area contributed by atoms with Crippen LogP contribution in [0.4, 0.5) is 0 Å². The van der Waals surface area contributed by atoms with E-state index in [1.54, 1.807) is 0 Å². The van der Waals surface area contributed by atoms with E-state index < -0.39 is 0 Å². The van der Waals surface area contributed by atoms with Crippen molar-refractivity contribution in [3.8, 4) is 11.1 Å². The molecule has 1 saturated heterocycles. The van der Waals surface area contributed by atoms with Gasteiger partial charge in [-0.2, -0.15) is 0 Å². The molecule has 0 radical (unpaired) electrons. The summed E-state index contributed by atoms with van der Waals surface area (Å²) in [6, 6.07) is 9.50. The van der Waals surface area contributed by atoms with Gasteiger partial charge in [0.15, 0.2) is 0 Å².